The average Bonchev–Trinajstić information content (AvgIpc) is 2.96. The van der Waals surface area contributed by atoms with Gasteiger partial charge in [-0.05, 0) is 51.4 Å². The topological polar surface area (TPSA) is 34.1 Å². The zero-order chi connectivity index (χ0) is 29.9. The number of rotatable bonds is 31. The molecule has 0 aliphatic rings. The molecular weight excluding hydrogens is 500 g/mol. The van der Waals surface area contributed by atoms with E-state index in [-0.39, 0.29) is 18.0 Å². The van der Waals surface area contributed by atoms with Gasteiger partial charge in [0.05, 0.1) is 6.42 Å². The SMILES string of the molecule is CCC=CCC=CCC=CCC=CCC=CCCCC(=O)CC(=O)CCCCCCCCCCCCCCCCC. The van der Waals surface area contributed by atoms with Crippen LogP contribution in [-0.2, 0) is 9.59 Å². The fourth-order valence-electron chi connectivity index (χ4n) is 4.88. The van der Waals surface area contributed by atoms with E-state index in [1.54, 1.807) is 0 Å². The second-order valence-corrected chi connectivity index (χ2v) is 11.6. The first-order chi connectivity index (χ1) is 20.2. The Morgan fingerprint density at radius 1 is 0.390 bits per heavy atom. The molecule has 0 bridgehead atoms. The molecule has 0 aromatic carbocycles. The van der Waals surface area contributed by atoms with E-state index < -0.39 is 0 Å². The Hall–Kier alpha value is -1.96. The molecule has 41 heavy (non-hydrogen) atoms. The fraction of sp³-hybridized carbons (Fsp3) is 0.692. The molecule has 234 valence electrons. The Balaban J connectivity index is 3.48. The second kappa shape index (κ2) is 34.2. The van der Waals surface area contributed by atoms with Gasteiger partial charge in [-0.25, -0.2) is 0 Å². The van der Waals surface area contributed by atoms with Crippen molar-refractivity contribution in [3.8, 4) is 0 Å². The molecule has 0 spiro atoms. The molecule has 0 saturated heterocycles. The van der Waals surface area contributed by atoms with Crippen LogP contribution in [0.2, 0.25) is 0 Å². The van der Waals surface area contributed by atoms with E-state index in [2.05, 4.69) is 74.6 Å². The van der Waals surface area contributed by atoms with Gasteiger partial charge in [0.15, 0.2) is 0 Å². The summed E-state index contributed by atoms with van der Waals surface area (Å²) in [5.74, 6) is 0.253. The summed E-state index contributed by atoms with van der Waals surface area (Å²) in [4.78, 5) is 24.2. The van der Waals surface area contributed by atoms with E-state index in [4.69, 9.17) is 0 Å². The van der Waals surface area contributed by atoms with Crippen LogP contribution in [0.3, 0.4) is 0 Å². The first kappa shape index (κ1) is 39.0. The smallest absolute Gasteiger partial charge is 0.140 e. The molecule has 0 aromatic heterocycles. The fourth-order valence-corrected chi connectivity index (χ4v) is 4.88. The van der Waals surface area contributed by atoms with Crippen molar-refractivity contribution in [3.63, 3.8) is 0 Å². The summed E-state index contributed by atoms with van der Waals surface area (Å²) in [5, 5.41) is 0. The molecule has 0 amide bonds. The van der Waals surface area contributed by atoms with Crippen LogP contribution in [0, 0.1) is 0 Å². The minimum atomic E-state index is 0.114. The average molecular weight is 567 g/mol. The number of hydrogen-bond donors (Lipinski definition) is 0. The molecule has 0 rings (SSSR count). The maximum atomic E-state index is 12.1. The van der Waals surface area contributed by atoms with Gasteiger partial charge in [-0.1, -0.05) is 164 Å². The zero-order valence-electron chi connectivity index (χ0n) is 27.3. The molecule has 0 aliphatic heterocycles. The van der Waals surface area contributed by atoms with E-state index in [1.165, 1.54) is 83.5 Å². The molecule has 0 unspecified atom stereocenters. The van der Waals surface area contributed by atoms with Crippen molar-refractivity contribution in [2.45, 2.75) is 174 Å². The molecule has 0 fully saturated rings. The summed E-state index contributed by atoms with van der Waals surface area (Å²) in [7, 11) is 0. The number of allylic oxidation sites excluding steroid dienone is 10. The normalized spacial score (nSPS) is 12.3. The highest BCUT2D eigenvalue weighted by Gasteiger charge is 2.08. The van der Waals surface area contributed by atoms with Gasteiger partial charge in [-0.3, -0.25) is 9.59 Å². The van der Waals surface area contributed by atoms with E-state index >= 15 is 0 Å². The summed E-state index contributed by atoms with van der Waals surface area (Å²) in [6.45, 7) is 4.43. The minimum absolute atomic E-state index is 0.114. The quantitative estimate of drug-likeness (QED) is 0.0475. The van der Waals surface area contributed by atoms with E-state index in [0.717, 1.165) is 57.8 Å². The maximum Gasteiger partial charge on any atom is 0.140 e. The largest absolute Gasteiger partial charge is 0.299 e. The molecule has 0 atom stereocenters. The lowest BCUT2D eigenvalue weighted by atomic mass is 10.0. The monoisotopic (exact) mass is 567 g/mol. The van der Waals surface area contributed by atoms with Crippen LogP contribution < -0.4 is 0 Å². The predicted octanol–water partition coefficient (Wildman–Crippen LogP) is 12.7. The molecule has 0 radical (unpaired) electrons. The van der Waals surface area contributed by atoms with Gasteiger partial charge in [-0.15, -0.1) is 0 Å². The molecule has 0 heterocycles. The highest BCUT2D eigenvalue weighted by Crippen LogP contribution is 2.14. The maximum absolute atomic E-state index is 12.1. The zero-order valence-corrected chi connectivity index (χ0v) is 27.3. The summed E-state index contributed by atoms with van der Waals surface area (Å²) in [6.07, 6.45) is 49.9. The standard InChI is InChI=1S/C39H66O2/c1-3-5-7-9-11-13-15-17-19-20-22-24-26-28-30-32-34-36-39(41)37-38(40)35-33-31-29-27-25-23-21-18-16-14-12-10-8-6-4-2/h5,7,11,13,17,19,22,24,28,30H,3-4,6,8-10,12,14-16,18,20-21,23,25-27,29,31-37H2,1-2H3. The van der Waals surface area contributed by atoms with Crippen LogP contribution >= 0.6 is 0 Å². The predicted molar refractivity (Wildman–Crippen MR) is 182 cm³/mol. The van der Waals surface area contributed by atoms with Crippen molar-refractivity contribution in [1.82, 2.24) is 0 Å². The van der Waals surface area contributed by atoms with Crippen LogP contribution in [-0.4, -0.2) is 11.6 Å². The highest BCUT2D eigenvalue weighted by atomic mass is 16.1. The van der Waals surface area contributed by atoms with Gasteiger partial charge in [0.1, 0.15) is 11.6 Å². The van der Waals surface area contributed by atoms with Crippen molar-refractivity contribution in [2.75, 3.05) is 0 Å². The molecule has 0 N–H and O–H groups in total. The Kier molecular flexibility index (Phi) is 32.6. The van der Waals surface area contributed by atoms with Gasteiger partial charge >= 0.3 is 0 Å². The summed E-state index contributed by atoms with van der Waals surface area (Å²) in [5.41, 5.74) is 0. The third-order valence-electron chi connectivity index (χ3n) is 7.44. The van der Waals surface area contributed by atoms with Crippen molar-refractivity contribution >= 4 is 11.6 Å². The third kappa shape index (κ3) is 34.1. The lowest BCUT2D eigenvalue weighted by Gasteiger charge is -2.04. The number of ketones is 2. The summed E-state index contributed by atoms with van der Waals surface area (Å²) < 4.78 is 0. The van der Waals surface area contributed by atoms with Crippen LogP contribution in [0.5, 0.6) is 0 Å². The number of carbonyl (C=O) groups is 2. The number of carbonyl (C=O) groups excluding carboxylic acids is 2. The van der Waals surface area contributed by atoms with Crippen LogP contribution in [0.25, 0.3) is 0 Å². The highest BCUT2D eigenvalue weighted by molar-refractivity contribution is 5.98. The van der Waals surface area contributed by atoms with E-state index in [9.17, 15) is 9.59 Å². The number of Topliss-reactive ketones (excluding diaryl/α,β-unsaturated/α-hetero) is 2. The molecule has 2 heteroatoms. The van der Waals surface area contributed by atoms with E-state index in [1.807, 2.05) is 0 Å². The Bertz CT molecular complexity index is 722. The Labute approximate surface area is 255 Å². The van der Waals surface area contributed by atoms with Gasteiger partial charge < -0.3 is 0 Å². The minimum Gasteiger partial charge on any atom is -0.299 e. The van der Waals surface area contributed by atoms with Gasteiger partial charge in [0, 0.05) is 12.8 Å². The van der Waals surface area contributed by atoms with Gasteiger partial charge in [0.2, 0.25) is 0 Å². The second-order valence-electron chi connectivity index (χ2n) is 11.6. The van der Waals surface area contributed by atoms with E-state index in [0.29, 0.717) is 12.8 Å². The van der Waals surface area contributed by atoms with Crippen molar-refractivity contribution in [1.29, 1.82) is 0 Å². The van der Waals surface area contributed by atoms with Crippen LogP contribution in [0.4, 0.5) is 0 Å². The molecule has 0 aromatic rings. The summed E-state index contributed by atoms with van der Waals surface area (Å²) in [6, 6.07) is 0. The molecular formula is C39H66O2. The van der Waals surface area contributed by atoms with Crippen LogP contribution in [0.1, 0.15) is 174 Å². The van der Waals surface area contributed by atoms with Gasteiger partial charge in [0.25, 0.3) is 0 Å². The van der Waals surface area contributed by atoms with Gasteiger partial charge in [-0.2, -0.15) is 0 Å². The lowest BCUT2D eigenvalue weighted by Crippen LogP contribution is -2.07. The van der Waals surface area contributed by atoms with Crippen molar-refractivity contribution in [3.05, 3.63) is 60.8 Å². The van der Waals surface area contributed by atoms with Crippen LogP contribution in [0.15, 0.2) is 60.8 Å². The molecule has 0 aliphatic carbocycles. The Morgan fingerprint density at radius 3 is 1.15 bits per heavy atom. The first-order valence-electron chi connectivity index (χ1n) is 17.5. The lowest BCUT2D eigenvalue weighted by molar-refractivity contribution is -0.127. The third-order valence-corrected chi connectivity index (χ3v) is 7.44. The summed E-state index contributed by atoms with van der Waals surface area (Å²) >= 11 is 0. The van der Waals surface area contributed by atoms with Crippen molar-refractivity contribution < 1.29 is 9.59 Å². The number of unbranched alkanes of at least 4 members (excludes halogenated alkanes) is 15. The Morgan fingerprint density at radius 2 is 0.732 bits per heavy atom. The van der Waals surface area contributed by atoms with Crippen molar-refractivity contribution in [2.24, 2.45) is 0 Å². The first-order valence-corrected chi connectivity index (χ1v) is 17.5. The molecule has 2 nitrogen and oxygen atoms in total. The number of hydrogen-bond acceptors (Lipinski definition) is 2. The molecule has 0 saturated carbocycles.